The van der Waals surface area contributed by atoms with Crippen LogP contribution in [-0.2, 0) is 13.1 Å². The van der Waals surface area contributed by atoms with Crippen molar-refractivity contribution < 1.29 is 0 Å². The van der Waals surface area contributed by atoms with Crippen LogP contribution in [-0.4, -0.2) is 41.9 Å². The highest BCUT2D eigenvalue weighted by Gasteiger charge is 2.17. The van der Waals surface area contributed by atoms with Crippen molar-refractivity contribution in [3.05, 3.63) is 35.4 Å². The number of guanidine groups is 1. The third-order valence-corrected chi connectivity index (χ3v) is 4.80. The van der Waals surface area contributed by atoms with Gasteiger partial charge >= 0.3 is 0 Å². The van der Waals surface area contributed by atoms with E-state index in [9.17, 15) is 0 Å². The quantitative estimate of drug-likeness (QED) is 0.414. The molecule has 4 nitrogen and oxygen atoms in total. The maximum atomic E-state index is 6.23. The minimum atomic E-state index is 0. The van der Waals surface area contributed by atoms with Crippen LogP contribution in [0.15, 0.2) is 29.3 Å². The number of rotatable bonds is 6. The molecule has 0 aliphatic carbocycles. The summed E-state index contributed by atoms with van der Waals surface area (Å²) < 4.78 is 0. The van der Waals surface area contributed by atoms with Gasteiger partial charge in [-0.3, -0.25) is 4.90 Å². The first kappa shape index (κ1) is 21.2. The second kappa shape index (κ2) is 10.9. The molecule has 0 aromatic heterocycles. The number of piperidine rings is 1. The van der Waals surface area contributed by atoms with E-state index in [0.717, 1.165) is 32.7 Å². The van der Waals surface area contributed by atoms with E-state index < -0.39 is 0 Å². The topological polar surface area (TPSA) is 44.9 Å². The first-order valence-electron chi connectivity index (χ1n) is 8.98. The predicted octanol–water partition coefficient (Wildman–Crippen LogP) is 3.69. The van der Waals surface area contributed by atoms with E-state index in [0.29, 0.717) is 18.4 Å². The van der Waals surface area contributed by atoms with Crippen molar-refractivity contribution in [3.63, 3.8) is 0 Å². The van der Waals surface area contributed by atoms with Gasteiger partial charge < -0.3 is 10.6 Å². The maximum Gasteiger partial charge on any atom is 0.191 e. The van der Waals surface area contributed by atoms with Crippen LogP contribution in [0.5, 0.6) is 0 Å². The molecule has 0 saturated carbocycles. The standard InChI is InChI=1S/C19H32N4.HI/c1-4-22(5-2)15-18-11-7-6-10-17(18)13-21-19(20)23-12-8-9-16(3)14-23;/h6-7,10-11,16H,4-5,8-9,12-15H2,1-3H3,(H2,20,21);1H. The smallest absolute Gasteiger partial charge is 0.191 e. The summed E-state index contributed by atoms with van der Waals surface area (Å²) in [7, 11) is 0. The van der Waals surface area contributed by atoms with Crippen LogP contribution in [0.25, 0.3) is 0 Å². The monoisotopic (exact) mass is 444 g/mol. The molecule has 0 bridgehead atoms. The summed E-state index contributed by atoms with van der Waals surface area (Å²) in [6.45, 7) is 12.6. The summed E-state index contributed by atoms with van der Waals surface area (Å²) >= 11 is 0. The van der Waals surface area contributed by atoms with Crippen molar-refractivity contribution in [2.75, 3.05) is 26.2 Å². The van der Waals surface area contributed by atoms with Gasteiger partial charge in [0.2, 0.25) is 0 Å². The number of halogens is 1. The van der Waals surface area contributed by atoms with E-state index in [-0.39, 0.29) is 24.0 Å². The summed E-state index contributed by atoms with van der Waals surface area (Å²) in [5.41, 5.74) is 8.87. The molecule has 1 fully saturated rings. The molecule has 5 heteroatoms. The third kappa shape index (κ3) is 6.24. The zero-order chi connectivity index (χ0) is 16.7. The first-order valence-corrected chi connectivity index (χ1v) is 8.98. The lowest BCUT2D eigenvalue weighted by Crippen LogP contribution is -2.43. The molecule has 136 valence electrons. The largest absolute Gasteiger partial charge is 0.370 e. The molecular weight excluding hydrogens is 411 g/mol. The van der Waals surface area contributed by atoms with Crippen LogP contribution in [0, 0.1) is 5.92 Å². The van der Waals surface area contributed by atoms with E-state index in [1.165, 1.54) is 24.0 Å². The van der Waals surface area contributed by atoms with E-state index in [1.54, 1.807) is 0 Å². The van der Waals surface area contributed by atoms with Crippen molar-refractivity contribution in [2.24, 2.45) is 16.6 Å². The van der Waals surface area contributed by atoms with Crippen LogP contribution in [0.2, 0.25) is 0 Å². The molecule has 0 amide bonds. The van der Waals surface area contributed by atoms with Crippen molar-refractivity contribution in [2.45, 2.75) is 46.7 Å². The molecule has 24 heavy (non-hydrogen) atoms. The van der Waals surface area contributed by atoms with Crippen molar-refractivity contribution in [1.29, 1.82) is 0 Å². The fourth-order valence-corrected chi connectivity index (χ4v) is 3.22. The lowest BCUT2D eigenvalue weighted by molar-refractivity contribution is 0.270. The lowest BCUT2D eigenvalue weighted by atomic mass is 10.0. The average molecular weight is 444 g/mol. The molecule has 0 radical (unpaired) electrons. The van der Waals surface area contributed by atoms with Gasteiger partial charge in [0.25, 0.3) is 0 Å². The Morgan fingerprint density at radius 1 is 1.25 bits per heavy atom. The summed E-state index contributed by atoms with van der Waals surface area (Å²) in [5, 5.41) is 0. The zero-order valence-electron chi connectivity index (χ0n) is 15.4. The van der Waals surface area contributed by atoms with Gasteiger partial charge in [0.05, 0.1) is 6.54 Å². The van der Waals surface area contributed by atoms with Crippen molar-refractivity contribution in [3.8, 4) is 0 Å². The summed E-state index contributed by atoms with van der Waals surface area (Å²) in [6, 6.07) is 8.59. The molecule has 2 N–H and O–H groups in total. The van der Waals surface area contributed by atoms with Crippen LogP contribution in [0.3, 0.4) is 0 Å². The SMILES string of the molecule is CCN(CC)Cc1ccccc1CN=C(N)N1CCCC(C)C1.I. The van der Waals surface area contributed by atoms with Gasteiger partial charge in [-0.2, -0.15) is 0 Å². The molecule has 0 spiro atoms. The van der Waals surface area contributed by atoms with E-state index in [2.05, 4.69) is 59.8 Å². The Kier molecular flexibility index (Phi) is 9.66. The van der Waals surface area contributed by atoms with Gasteiger partial charge in [-0.05, 0) is 43.0 Å². The van der Waals surface area contributed by atoms with Gasteiger partial charge in [-0.25, -0.2) is 4.99 Å². The molecule has 1 aliphatic heterocycles. The van der Waals surface area contributed by atoms with Crippen LogP contribution in [0.4, 0.5) is 0 Å². The van der Waals surface area contributed by atoms with Crippen LogP contribution >= 0.6 is 24.0 Å². The lowest BCUT2D eigenvalue weighted by Gasteiger charge is -2.31. The first-order chi connectivity index (χ1) is 11.1. The molecule has 1 aromatic carbocycles. The zero-order valence-corrected chi connectivity index (χ0v) is 17.7. The Hall–Kier alpha value is -0.820. The van der Waals surface area contributed by atoms with Gasteiger partial charge in [0.1, 0.15) is 0 Å². The Balaban J connectivity index is 0.00000288. The van der Waals surface area contributed by atoms with E-state index in [4.69, 9.17) is 5.73 Å². The fourth-order valence-electron chi connectivity index (χ4n) is 3.22. The Morgan fingerprint density at radius 3 is 2.54 bits per heavy atom. The highest BCUT2D eigenvalue weighted by molar-refractivity contribution is 14.0. The number of nitrogens with zero attached hydrogens (tertiary/aromatic N) is 3. The molecule has 1 heterocycles. The minimum absolute atomic E-state index is 0. The molecule has 1 saturated heterocycles. The molecular formula is C19H33IN4. The van der Waals surface area contributed by atoms with E-state index >= 15 is 0 Å². The van der Waals surface area contributed by atoms with Crippen molar-refractivity contribution in [1.82, 2.24) is 9.80 Å². The fraction of sp³-hybridized carbons (Fsp3) is 0.632. The highest BCUT2D eigenvalue weighted by atomic mass is 127. The van der Waals surface area contributed by atoms with Gasteiger partial charge in [0, 0.05) is 19.6 Å². The number of nitrogens with two attached hydrogens (primary N) is 1. The Labute approximate surface area is 164 Å². The highest BCUT2D eigenvalue weighted by Crippen LogP contribution is 2.16. The summed E-state index contributed by atoms with van der Waals surface area (Å²) in [4.78, 5) is 9.34. The number of hydrogen-bond acceptors (Lipinski definition) is 2. The Morgan fingerprint density at radius 2 is 1.92 bits per heavy atom. The number of likely N-dealkylation sites (tertiary alicyclic amines) is 1. The number of hydrogen-bond donors (Lipinski definition) is 1. The minimum Gasteiger partial charge on any atom is -0.370 e. The molecule has 2 rings (SSSR count). The molecule has 1 unspecified atom stereocenters. The van der Waals surface area contributed by atoms with Crippen molar-refractivity contribution >= 4 is 29.9 Å². The number of aliphatic imine (C=N–C) groups is 1. The molecule has 1 aliphatic rings. The van der Waals surface area contributed by atoms with Gasteiger partial charge in [0.15, 0.2) is 5.96 Å². The van der Waals surface area contributed by atoms with E-state index in [1.807, 2.05) is 0 Å². The Bertz CT molecular complexity index is 514. The normalized spacial score (nSPS) is 18.6. The summed E-state index contributed by atoms with van der Waals surface area (Å²) in [5.74, 6) is 1.42. The maximum absolute atomic E-state index is 6.23. The van der Waals surface area contributed by atoms with Crippen LogP contribution < -0.4 is 5.73 Å². The summed E-state index contributed by atoms with van der Waals surface area (Å²) in [6.07, 6.45) is 2.52. The number of benzene rings is 1. The van der Waals surface area contributed by atoms with Gasteiger partial charge in [-0.15, -0.1) is 24.0 Å². The molecule has 1 aromatic rings. The molecule has 1 atom stereocenters. The van der Waals surface area contributed by atoms with Crippen LogP contribution in [0.1, 0.15) is 44.7 Å². The van der Waals surface area contributed by atoms with Gasteiger partial charge in [-0.1, -0.05) is 45.0 Å². The average Bonchev–Trinajstić information content (AvgIpc) is 2.58. The predicted molar refractivity (Wildman–Crippen MR) is 114 cm³/mol. The second-order valence-corrected chi connectivity index (χ2v) is 6.60. The third-order valence-electron chi connectivity index (χ3n) is 4.80. The second-order valence-electron chi connectivity index (χ2n) is 6.60.